The summed E-state index contributed by atoms with van der Waals surface area (Å²) in [7, 11) is 0. The molecule has 1 fully saturated rings. The number of hydrogen-bond acceptors (Lipinski definition) is 4. The molecule has 1 aliphatic rings. The van der Waals surface area contributed by atoms with Crippen molar-refractivity contribution in [3.05, 3.63) is 10.7 Å². The Hall–Kier alpha value is -0.840. The molecule has 0 aliphatic heterocycles. The van der Waals surface area contributed by atoms with E-state index in [0.29, 0.717) is 23.2 Å². The molecule has 1 atom stereocenters. The van der Waals surface area contributed by atoms with E-state index in [9.17, 15) is 0 Å². The maximum Gasteiger partial charge on any atom is 0.225 e. The highest BCUT2D eigenvalue weighted by Gasteiger charge is 2.32. The van der Waals surface area contributed by atoms with Gasteiger partial charge in [0, 0.05) is 12.1 Å². The molecule has 5 heteroatoms. The fraction of sp³-hybridized carbons (Fsp3) is 0.667. The van der Waals surface area contributed by atoms with Gasteiger partial charge in [-0.25, -0.2) is 4.98 Å². The van der Waals surface area contributed by atoms with E-state index in [-0.39, 0.29) is 0 Å². The van der Waals surface area contributed by atoms with E-state index in [2.05, 4.69) is 45.1 Å². The number of hydrogen-bond donors (Lipinski definition) is 2. The molecule has 17 heavy (non-hydrogen) atoms. The molecule has 0 saturated heterocycles. The lowest BCUT2D eigenvalue weighted by Crippen LogP contribution is -2.39. The molecular formula is C12H19BrN4. The predicted octanol–water partition coefficient (Wildman–Crippen LogP) is 3.20. The number of rotatable bonds is 2. The highest BCUT2D eigenvalue weighted by atomic mass is 79.9. The van der Waals surface area contributed by atoms with Gasteiger partial charge < -0.3 is 11.1 Å². The third-order valence-corrected chi connectivity index (χ3v) is 3.93. The zero-order chi connectivity index (χ0) is 12.5. The highest BCUT2D eigenvalue weighted by molar-refractivity contribution is 9.10. The van der Waals surface area contributed by atoms with Gasteiger partial charge in [0.25, 0.3) is 0 Å². The summed E-state index contributed by atoms with van der Waals surface area (Å²) in [5.74, 6) is 1.11. The summed E-state index contributed by atoms with van der Waals surface area (Å²) in [6.07, 6.45) is 4.99. The number of halogens is 1. The van der Waals surface area contributed by atoms with Crippen molar-refractivity contribution in [1.29, 1.82) is 0 Å². The van der Waals surface area contributed by atoms with E-state index in [1.165, 1.54) is 25.7 Å². The van der Waals surface area contributed by atoms with Crippen molar-refractivity contribution >= 4 is 27.7 Å². The van der Waals surface area contributed by atoms with Gasteiger partial charge in [-0.1, -0.05) is 26.7 Å². The van der Waals surface area contributed by atoms with Crippen molar-refractivity contribution in [3.8, 4) is 0 Å². The van der Waals surface area contributed by atoms with Gasteiger partial charge in [0.05, 0.1) is 0 Å². The molecule has 1 aromatic rings. The fourth-order valence-corrected chi connectivity index (χ4v) is 2.82. The predicted molar refractivity (Wildman–Crippen MR) is 73.8 cm³/mol. The van der Waals surface area contributed by atoms with Crippen molar-refractivity contribution in [2.75, 3.05) is 11.1 Å². The van der Waals surface area contributed by atoms with E-state index >= 15 is 0 Å². The van der Waals surface area contributed by atoms with Crippen LogP contribution in [0.5, 0.6) is 0 Å². The highest BCUT2D eigenvalue weighted by Crippen LogP contribution is 2.36. The average molecular weight is 299 g/mol. The topological polar surface area (TPSA) is 63.8 Å². The lowest BCUT2D eigenvalue weighted by Gasteiger charge is -2.39. The second kappa shape index (κ2) is 4.80. The Kier molecular flexibility index (Phi) is 3.56. The molecular weight excluding hydrogens is 280 g/mol. The van der Waals surface area contributed by atoms with Crippen molar-refractivity contribution in [1.82, 2.24) is 9.97 Å². The molecule has 1 aliphatic carbocycles. The summed E-state index contributed by atoms with van der Waals surface area (Å²) >= 11 is 3.34. The second-order valence-corrected chi connectivity index (χ2v) is 6.18. The molecule has 1 unspecified atom stereocenters. The number of nitrogens with one attached hydrogen (secondary N) is 1. The van der Waals surface area contributed by atoms with E-state index in [4.69, 9.17) is 5.73 Å². The van der Waals surface area contributed by atoms with E-state index < -0.39 is 0 Å². The van der Waals surface area contributed by atoms with Crippen molar-refractivity contribution in [3.63, 3.8) is 0 Å². The van der Waals surface area contributed by atoms with Crippen LogP contribution in [0.15, 0.2) is 10.7 Å². The summed E-state index contributed by atoms with van der Waals surface area (Å²) in [5.41, 5.74) is 6.00. The minimum Gasteiger partial charge on any atom is -0.383 e. The summed E-state index contributed by atoms with van der Waals surface area (Å²) in [4.78, 5) is 8.53. The average Bonchev–Trinajstić information content (AvgIpc) is 2.19. The molecule has 1 heterocycles. The Morgan fingerprint density at radius 3 is 2.82 bits per heavy atom. The monoisotopic (exact) mass is 298 g/mol. The molecule has 2 rings (SSSR count). The standard InChI is InChI=1S/C12H19BrN4/c1-12(2)6-4-3-5-8(12)15-11-16-9(13)7-10(14)17-11/h7-8H,3-6H2,1-2H3,(H3,14,15,16,17). The zero-order valence-electron chi connectivity index (χ0n) is 10.3. The second-order valence-electron chi connectivity index (χ2n) is 5.37. The quantitative estimate of drug-likeness (QED) is 0.823. The van der Waals surface area contributed by atoms with E-state index in [0.717, 1.165) is 4.60 Å². The molecule has 0 aromatic carbocycles. The Morgan fingerprint density at radius 2 is 2.18 bits per heavy atom. The van der Waals surface area contributed by atoms with Crippen LogP contribution in [-0.2, 0) is 0 Å². The van der Waals surface area contributed by atoms with Gasteiger partial charge in [-0.2, -0.15) is 4.98 Å². The minimum absolute atomic E-state index is 0.290. The lowest BCUT2D eigenvalue weighted by atomic mass is 9.73. The first-order valence-electron chi connectivity index (χ1n) is 6.04. The molecule has 0 amide bonds. The SMILES string of the molecule is CC1(C)CCCCC1Nc1nc(N)cc(Br)n1. The third-order valence-electron chi connectivity index (χ3n) is 3.53. The summed E-state index contributed by atoms with van der Waals surface area (Å²) in [6, 6.07) is 2.13. The minimum atomic E-state index is 0.290. The van der Waals surface area contributed by atoms with Crippen LogP contribution in [0.3, 0.4) is 0 Å². The molecule has 1 saturated carbocycles. The van der Waals surface area contributed by atoms with Crippen LogP contribution in [-0.4, -0.2) is 16.0 Å². The number of nitrogen functional groups attached to an aromatic ring is 1. The van der Waals surface area contributed by atoms with Crippen LogP contribution < -0.4 is 11.1 Å². The Morgan fingerprint density at radius 1 is 1.41 bits per heavy atom. The van der Waals surface area contributed by atoms with Crippen molar-refractivity contribution in [2.24, 2.45) is 5.41 Å². The molecule has 94 valence electrons. The third kappa shape index (κ3) is 3.09. The van der Waals surface area contributed by atoms with Crippen LogP contribution in [0.2, 0.25) is 0 Å². The first-order valence-corrected chi connectivity index (χ1v) is 6.83. The van der Waals surface area contributed by atoms with Gasteiger partial charge in [-0.3, -0.25) is 0 Å². The number of nitrogens with zero attached hydrogens (tertiary/aromatic N) is 2. The normalized spacial score (nSPS) is 23.4. The molecule has 0 spiro atoms. The van der Waals surface area contributed by atoms with E-state index in [1.807, 2.05) is 0 Å². The lowest BCUT2D eigenvalue weighted by molar-refractivity contribution is 0.216. The van der Waals surface area contributed by atoms with Crippen LogP contribution in [0.4, 0.5) is 11.8 Å². The first-order chi connectivity index (χ1) is 7.97. The Bertz CT molecular complexity index is 385. The number of anilines is 2. The summed E-state index contributed by atoms with van der Waals surface area (Å²) in [6.45, 7) is 4.59. The van der Waals surface area contributed by atoms with Gasteiger partial charge in [-0.05, 0) is 34.2 Å². The summed E-state index contributed by atoms with van der Waals surface area (Å²) in [5, 5.41) is 3.42. The smallest absolute Gasteiger partial charge is 0.225 e. The van der Waals surface area contributed by atoms with Crippen molar-refractivity contribution < 1.29 is 0 Å². The summed E-state index contributed by atoms with van der Waals surface area (Å²) < 4.78 is 0.723. The van der Waals surface area contributed by atoms with Gasteiger partial charge in [0.1, 0.15) is 10.4 Å². The largest absolute Gasteiger partial charge is 0.383 e. The maximum absolute atomic E-state index is 5.71. The Balaban J connectivity index is 2.14. The molecule has 0 bridgehead atoms. The van der Waals surface area contributed by atoms with Gasteiger partial charge in [0.2, 0.25) is 5.95 Å². The van der Waals surface area contributed by atoms with Gasteiger partial charge >= 0.3 is 0 Å². The maximum atomic E-state index is 5.71. The number of aromatic nitrogens is 2. The van der Waals surface area contributed by atoms with Crippen LogP contribution in [0, 0.1) is 5.41 Å². The van der Waals surface area contributed by atoms with Crippen molar-refractivity contribution in [2.45, 2.75) is 45.6 Å². The zero-order valence-corrected chi connectivity index (χ0v) is 11.9. The molecule has 4 nitrogen and oxygen atoms in total. The van der Waals surface area contributed by atoms with Gasteiger partial charge in [0.15, 0.2) is 0 Å². The molecule has 1 aromatic heterocycles. The fourth-order valence-electron chi connectivity index (χ4n) is 2.42. The van der Waals surface area contributed by atoms with E-state index in [1.54, 1.807) is 6.07 Å². The van der Waals surface area contributed by atoms with Gasteiger partial charge in [-0.15, -0.1) is 0 Å². The van der Waals surface area contributed by atoms with Crippen LogP contribution >= 0.6 is 15.9 Å². The van der Waals surface area contributed by atoms with Crippen LogP contribution in [0.1, 0.15) is 39.5 Å². The number of nitrogens with two attached hydrogens (primary N) is 1. The molecule has 3 N–H and O–H groups in total. The Labute approximate surface area is 111 Å². The molecule has 0 radical (unpaired) electrons. The first kappa shape index (κ1) is 12.6. The van der Waals surface area contributed by atoms with Crippen LogP contribution in [0.25, 0.3) is 0 Å².